The second-order valence-electron chi connectivity index (χ2n) is 15.3. The van der Waals surface area contributed by atoms with Crippen LogP contribution in [-0.4, -0.2) is 10.7 Å². The van der Waals surface area contributed by atoms with Crippen LogP contribution in [0, 0.1) is 5.92 Å². The molecule has 57 heavy (non-hydrogen) atoms. The summed E-state index contributed by atoms with van der Waals surface area (Å²) in [5, 5.41) is 19.0. The number of fused-ring (bicyclic) bond motifs is 9. The van der Waals surface area contributed by atoms with Gasteiger partial charge in [0, 0.05) is 53.0 Å². The third-order valence-electron chi connectivity index (χ3n) is 12.1. The molecule has 5 nitrogen and oxygen atoms in total. The van der Waals surface area contributed by atoms with Crippen LogP contribution in [0.5, 0.6) is 0 Å². The SMILES string of the molecule is C1=c2oc3c(-c4ccc5c(c4)sc4cccc(-n6c7ccccc7c7ccccc76)c45)cccc3c2=CCC1C1NC(c2ccccc2)NC(c2ccccc2)N1. The number of furan rings is 1. The number of nitrogens with one attached hydrogen (secondary N) is 3. The zero-order valence-corrected chi connectivity index (χ0v) is 31.8. The Morgan fingerprint density at radius 2 is 1.21 bits per heavy atom. The third kappa shape index (κ3) is 5.33. The number of thiophene rings is 1. The molecule has 12 rings (SSSR count). The van der Waals surface area contributed by atoms with Gasteiger partial charge in [0.05, 0.1) is 35.2 Å². The first kappa shape index (κ1) is 32.9. The molecule has 3 aromatic heterocycles. The van der Waals surface area contributed by atoms with Gasteiger partial charge < -0.3 is 8.98 Å². The van der Waals surface area contributed by atoms with Gasteiger partial charge >= 0.3 is 0 Å². The van der Waals surface area contributed by atoms with Crippen molar-refractivity contribution < 1.29 is 4.42 Å². The second kappa shape index (κ2) is 13.2. The van der Waals surface area contributed by atoms with Gasteiger partial charge in [0.2, 0.25) is 0 Å². The standard InChI is InChI=1S/C51H38N4OS/c1-3-13-31(14-4-1)49-52-50(32-15-5-2-6-16-32)54-51(53-49)34-26-27-38-39-20-11-19-35(48(39)56-44(38)29-34)33-25-28-40-46(30-33)57-45-24-12-23-43(47(40)45)55-41-21-9-7-17-36(41)37-18-8-10-22-42(37)55/h1-25,27-30,34,49-54H,26H2. The van der Waals surface area contributed by atoms with E-state index in [-0.39, 0.29) is 24.4 Å². The number of hydrogen-bond donors (Lipinski definition) is 3. The number of aromatic nitrogens is 1. The fraction of sp³-hybridized carbons (Fsp3) is 0.0980. The molecule has 7 aromatic carbocycles. The van der Waals surface area contributed by atoms with Crippen LogP contribution < -0.4 is 26.6 Å². The predicted octanol–water partition coefficient (Wildman–Crippen LogP) is 10.7. The summed E-state index contributed by atoms with van der Waals surface area (Å²) in [6, 6.07) is 59.1. The van der Waals surface area contributed by atoms with Crippen molar-refractivity contribution in [2.24, 2.45) is 5.92 Å². The van der Waals surface area contributed by atoms with E-state index in [1.807, 2.05) is 11.3 Å². The highest BCUT2D eigenvalue weighted by atomic mass is 32.1. The van der Waals surface area contributed by atoms with Gasteiger partial charge in [-0.2, -0.15) is 0 Å². The summed E-state index contributed by atoms with van der Waals surface area (Å²) in [7, 11) is 0. The predicted molar refractivity (Wildman–Crippen MR) is 237 cm³/mol. The van der Waals surface area contributed by atoms with E-state index in [1.165, 1.54) is 69.6 Å². The van der Waals surface area contributed by atoms with Gasteiger partial charge in [-0.15, -0.1) is 11.3 Å². The van der Waals surface area contributed by atoms with Crippen molar-refractivity contribution in [2.75, 3.05) is 0 Å². The van der Waals surface area contributed by atoms with Gasteiger partial charge in [-0.3, -0.25) is 16.0 Å². The highest BCUT2D eigenvalue weighted by molar-refractivity contribution is 7.26. The van der Waals surface area contributed by atoms with Gasteiger partial charge in [0.25, 0.3) is 0 Å². The lowest BCUT2D eigenvalue weighted by Crippen LogP contribution is -2.61. The summed E-state index contributed by atoms with van der Waals surface area (Å²) >= 11 is 1.86. The summed E-state index contributed by atoms with van der Waals surface area (Å²) in [4.78, 5) is 0. The Bertz CT molecular complexity index is 3190. The van der Waals surface area contributed by atoms with E-state index in [2.05, 4.69) is 196 Å². The maximum absolute atomic E-state index is 6.88. The molecule has 1 fully saturated rings. The molecule has 1 aliphatic carbocycles. The summed E-state index contributed by atoms with van der Waals surface area (Å²) in [6.07, 6.45) is 5.65. The maximum Gasteiger partial charge on any atom is 0.143 e. The number of hydrogen-bond acceptors (Lipinski definition) is 5. The van der Waals surface area contributed by atoms with Gasteiger partial charge in [-0.1, -0.05) is 140 Å². The number of benzene rings is 7. The molecule has 0 bridgehead atoms. The molecule has 6 heteroatoms. The summed E-state index contributed by atoms with van der Waals surface area (Å²) in [5.41, 5.74) is 10.3. The van der Waals surface area contributed by atoms with E-state index in [0.717, 1.165) is 28.4 Å². The van der Waals surface area contributed by atoms with Crippen molar-refractivity contribution in [3.63, 3.8) is 0 Å². The van der Waals surface area contributed by atoms with Gasteiger partial charge in [-0.05, 0) is 59.5 Å². The largest absolute Gasteiger partial charge is 0.456 e. The first-order valence-electron chi connectivity index (χ1n) is 19.8. The van der Waals surface area contributed by atoms with Crippen molar-refractivity contribution >= 4 is 76.4 Å². The first-order valence-corrected chi connectivity index (χ1v) is 20.6. The van der Waals surface area contributed by atoms with Gasteiger partial charge in [0.15, 0.2) is 0 Å². The van der Waals surface area contributed by atoms with Crippen LogP contribution >= 0.6 is 11.3 Å². The Morgan fingerprint density at radius 3 is 1.93 bits per heavy atom. The molecule has 4 heterocycles. The van der Waals surface area contributed by atoms with Crippen LogP contribution in [0.1, 0.15) is 29.9 Å². The Morgan fingerprint density at radius 1 is 0.561 bits per heavy atom. The van der Waals surface area contributed by atoms with Crippen molar-refractivity contribution in [3.8, 4) is 16.8 Å². The monoisotopic (exact) mass is 754 g/mol. The minimum atomic E-state index is 0.00148. The van der Waals surface area contributed by atoms with E-state index in [1.54, 1.807) is 0 Å². The Hall–Kier alpha value is -6.28. The first-order chi connectivity index (χ1) is 28.2. The molecule has 3 atom stereocenters. The molecule has 10 aromatic rings. The zero-order chi connectivity index (χ0) is 37.5. The molecule has 274 valence electrons. The quantitative estimate of drug-likeness (QED) is 0.164. The van der Waals surface area contributed by atoms with E-state index < -0.39 is 0 Å². The average Bonchev–Trinajstić information content (AvgIpc) is 3.96. The lowest BCUT2D eigenvalue weighted by atomic mass is 9.93. The normalized spacial score (nSPS) is 19.6. The number of nitrogens with zero attached hydrogens (tertiary/aromatic N) is 1. The summed E-state index contributed by atoms with van der Waals surface area (Å²) < 4.78 is 11.9. The van der Waals surface area contributed by atoms with Crippen molar-refractivity contribution in [2.45, 2.75) is 24.9 Å². The smallest absolute Gasteiger partial charge is 0.143 e. The summed E-state index contributed by atoms with van der Waals surface area (Å²) in [6.45, 7) is 0. The molecule has 0 radical (unpaired) electrons. The molecule has 3 N–H and O–H groups in total. The molecule has 0 saturated carbocycles. The second-order valence-corrected chi connectivity index (χ2v) is 16.4. The van der Waals surface area contributed by atoms with E-state index >= 15 is 0 Å². The minimum absolute atomic E-state index is 0.00148. The molecule has 3 unspecified atom stereocenters. The van der Waals surface area contributed by atoms with Crippen molar-refractivity contribution in [1.29, 1.82) is 0 Å². The number of para-hydroxylation sites is 3. The fourth-order valence-corrected chi connectivity index (χ4v) is 10.6. The highest BCUT2D eigenvalue weighted by Gasteiger charge is 2.33. The lowest BCUT2D eigenvalue weighted by Gasteiger charge is -2.42. The van der Waals surface area contributed by atoms with Crippen LogP contribution in [0.25, 0.3) is 81.9 Å². The molecule has 0 amide bonds. The molecule has 1 aliphatic heterocycles. The van der Waals surface area contributed by atoms with Crippen molar-refractivity contribution in [3.05, 3.63) is 186 Å². The minimum Gasteiger partial charge on any atom is -0.456 e. The fourth-order valence-electron chi connectivity index (χ4n) is 9.40. The van der Waals surface area contributed by atoms with Crippen LogP contribution in [0.2, 0.25) is 0 Å². The lowest BCUT2D eigenvalue weighted by molar-refractivity contribution is 0.176. The molecule has 2 aliphatic rings. The van der Waals surface area contributed by atoms with E-state index in [0.29, 0.717) is 0 Å². The van der Waals surface area contributed by atoms with Crippen molar-refractivity contribution in [1.82, 2.24) is 20.5 Å². The Kier molecular flexibility index (Phi) is 7.60. The van der Waals surface area contributed by atoms with Crippen LogP contribution in [0.4, 0.5) is 0 Å². The van der Waals surface area contributed by atoms with Crippen LogP contribution in [0.15, 0.2) is 168 Å². The third-order valence-corrected chi connectivity index (χ3v) is 13.2. The van der Waals surface area contributed by atoms with E-state index in [4.69, 9.17) is 4.42 Å². The Labute approximate surface area is 333 Å². The van der Waals surface area contributed by atoms with E-state index in [9.17, 15) is 0 Å². The zero-order valence-electron chi connectivity index (χ0n) is 31.0. The average molecular weight is 755 g/mol. The Balaban J connectivity index is 0.935. The number of rotatable bonds is 5. The van der Waals surface area contributed by atoms with Crippen LogP contribution in [-0.2, 0) is 0 Å². The van der Waals surface area contributed by atoms with Gasteiger partial charge in [-0.25, -0.2) is 0 Å². The summed E-state index contributed by atoms with van der Waals surface area (Å²) in [5.74, 6) is 0.194. The molecule has 0 spiro atoms. The molecular weight excluding hydrogens is 717 g/mol. The van der Waals surface area contributed by atoms with Crippen LogP contribution in [0.3, 0.4) is 0 Å². The molecule has 1 saturated heterocycles. The van der Waals surface area contributed by atoms with Gasteiger partial charge in [0.1, 0.15) is 11.0 Å². The molecular formula is C51H38N4OS. The topological polar surface area (TPSA) is 54.2 Å². The highest BCUT2D eigenvalue weighted by Crippen LogP contribution is 2.42. The maximum atomic E-state index is 6.88.